The molecule has 3 aromatic rings. The van der Waals surface area contributed by atoms with E-state index in [2.05, 4.69) is 10.4 Å². The first-order valence-corrected chi connectivity index (χ1v) is 12.3. The van der Waals surface area contributed by atoms with Crippen LogP contribution in [0.3, 0.4) is 0 Å². The molecule has 0 spiro atoms. The van der Waals surface area contributed by atoms with Crippen LogP contribution in [-0.2, 0) is 21.2 Å². The van der Waals surface area contributed by atoms with Gasteiger partial charge in [-0.05, 0) is 56.0 Å². The molecule has 8 nitrogen and oxygen atoms in total. The monoisotopic (exact) mass is 464 g/mol. The van der Waals surface area contributed by atoms with Crippen LogP contribution >= 0.6 is 0 Å². The van der Waals surface area contributed by atoms with Crippen LogP contribution in [0.4, 0.5) is 11.5 Å². The van der Waals surface area contributed by atoms with Gasteiger partial charge in [0.2, 0.25) is 11.8 Å². The smallest absolute Gasteiger partial charge is 0.264 e. The predicted octanol–water partition coefficient (Wildman–Crippen LogP) is 3.68. The van der Waals surface area contributed by atoms with Crippen LogP contribution in [0.1, 0.15) is 41.4 Å². The Bertz CT molecular complexity index is 1420. The third-order valence-corrected chi connectivity index (χ3v) is 8.35. The highest BCUT2D eigenvalue weighted by molar-refractivity contribution is 7.93. The molecule has 1 aromatic heterocycles. The largest absolute Gasteiger partial charge is 0.310 e. The number of benzene rings is 2. The van der Waals surface area contributed by atoms with Gasteiger partial charge >= 0.3 is 0 Å². The second-order valence-electron chi connectivity index (χ2n) is 8.63. The van der Waals surface area contributed by atoms with Crippen molar-refractivity contribution < 1.29 is 18.0 Å². The van der Waals surface area contributed by atoms with Crippen molar-refractivity contribution >= 4 is 33.3 Å². The summed E-state index contributed by atoms with van der Waals surface area (Å²) in [4.78, 5) is 24.8. The lowest BCUT2D eigenvalue weighted by atomic mass is 10.0. The lowest BCUT2D eigenvalue weighted by Crippen LogP contribution is -2.36. The normalized spacial score (nSPS) is 18.0. The van der Waals surface area contributed by atoms with E-state index in [-0.39, 0.29) is 41.4 Å². The lowest BCUT2D eigenvalue weighted by molar-refractivity contribution is -0.116. The zero-order valence-corrected chi connectivity index (χ0v) is 19.4. The Hall–Kier alpha value is -3.46. The van der Waals surface area contributed by atoms with E-state index < -0.39 is 10.0 Å². The summed E-state index contributed by atoms with van der Waals surface area (Å²) in [5.41, 5.74) is 3.97. The number of hydrogen-bond donors (Lipinski definition) is 1. The molecule has 2 aromatic carbocycles. The number of fused-ring (bicyclic) bond motifs is 2. The number of aromatic nitrogens is 2. The Morgan fingerprint density at radius 1 is 1.06 bits per heavy atom. The fourth-order valence-electron chi connectivity index (χ4n) is 4.73. The number of nitrogens with one attached hydrogen (secondary N) is 1. The highest BCUT2D eigenvalue weighted by Gasteiger charge is 2.37. The molecule has 1 amide bonds. The second-order valence-corrected chi connectivity index (χ2v) is 10.4. The number of carbonyl (C=O) groups excluding carboxylic acids is 2. The van der Waals surface area contributed by atoms with Gasteiger partial charge in [0.25, 0.3) is 10.0 Å². The van der Waals surface area contributed by atoms with Gasteiger partial charge in [0.1, 0.15) is 5.82 Å². The van der Waals surface area contributed by atoms with E-state index >= 15 is 0 Å². The number of nitrogens with zero attached hydrogens (tertiary/aromatic N) is 3. The van der Waals surface area contributed by atoms with Crippen LogP contribution in [0.25, 0.3) is 11.1 Å². The fraction of sp³-hybridized carbons (Fsp3) is 0.292. The molecule has 2 aliphatic heterocycles. The molecule has 0 bridgehead atoms. The summed E-state index contributed by atoms with van der Waals surface area (Å²) in [7, 11) is -3.86. The SMILES string of the molecule is Cc1ccc(-c2c(C)nn3c2NC(=O)CCC3=O)cc1S(=O)(=O)N1c2ccccc2C[C@H]1C. The Morgan fingerprint density at radius 3 is 2.61 bits per heavy atom. The van der Waals surface area contributed by atoms with Crippen molar-refractivity contribution in [3.63, 3.8) is 0 Å². The minimum Gasteiger partial charge on any atom is -0.310 e. The van der Waals surface area contributed by atoms with Crippen molar-refractivity contribution in [2.75, 3.05) is 9.62 Å². The highest BCUT2D eigenvalue weighted by atomic mass is 32.2. The predicted molar refractivity (Wildman–Crippen MR) is 125 cm³/mol. The van der Waals surface area contributed by atoms with Crippen LogP contribution in [-0.4, -0.2) is 36.1 Å². The van der Waals surface area contributed by atoms with E-state index in [1.165, 1.54) is 8.99 Å². The van der Waals surface area contributed by atoms with Crippen molar-refractivity contribution in [2.45, 2.75) is 51.0 Å². The molecule has 1 atom stereocenters. The number of anilines is 2. The summed E-state index contributed by atoms with van der Waals surface area (Å²) < 4.78 is 30.4. The Morgan fingerprint density at radius 2 is 1.82 bits per heavy atom. The van der Waals surface area contributed by atoms with Crippen molar-refractivity contribution in [3.05, 3.63) is 59.3 Å². The van der Waals surface area contributed by atoms with Crippen LogP contribution < -0.4 is 9.62 Å². The third-order valence-electron chi connectivity index (χ3n) is 6.28. The molecule has 0 saturated carbocycles. The number of rotatable bonds is 3. The maximum Gasteiger partial charge on any atom is 0.264 e. The van der Waals surface area contributed by atoms with Crippen molar-refractivity contribution in [1.29, 1.82) is 0 Å². The quantitative estimate of drug-likeness (QED) is 0.637. The summed E-state index contributed by atoms with van der Waals surface area (Å²) in [6.45, 7) is 5.41. The summed E-state index contributed by atoms with van der Waals surface area (Å²) in [5.74, 6) is -0.266. The number of hydrogen-bond acceptors (Lipinski definition) is 5. The van der Waals surface area contributed by atoms with E-state index in [0.717, 1.165) is 5.56 Å². The van der Waals surface area contributed by atoms with Gasteiger partial charge in [0.05, 0.1) is 16.3 Å². The number of sulfonamides is 1. The summed E-state index contributed by atoms with van der Waals surface area (Å²) >= 11 is 0. The first-order valence-electron chi connectivity index (χ1n) is 10.8. The fourth-order valence-corrected chi connectivity index (χ4v) is 6.68. The molecule has 0 unspecified atom stereocenters. The summed E-state index contributed by atoms with van der Waals surface area (Å²) in [5, 5.41) is 7.10. The minimum absolute atomic E-state index is 0.0686. The maximum atomic E-state index is 13.9. The Balaban J connectivity index is 1.66. The first kappa shape index (κ1) is 21.4. The highest BCUT2D eigenvalue weighted by Crippen LogP contribution is 2.39. The van der Waals surface area contributed by atoms with Gasteiger partial charge in [-0.3, -0.25) is 13.9 Å². The number of amides is 1. The van der Waals surface area contributed by atoms with Crippen LogP contribution in [0.15, 0.2) is 47.4 Å². The minimum atomic E-state index is -3.86. The van der Waals surface area contributed by atoms with Gasteiger partial charge in [-0.1, -0.05) is 30.3 Å². The van der Waals surface area contributed by atoms with Gasteiger partial charge in [0, 0.05) is 24.4 Å². The van der Waals surface area contributed by atoms with Gasteiger partial charge in [-0.15, -0.1) is 0 Å². The molecule has 5 rings (SSSR count). The van der Waals surface area contributed by atoms with Crippen LogP contribution in [0.5, 0.6) is 0 Å². The molecule has 3 heterocycles. The van der Waals surface area contributed by atoms with Gasteiger partial charge in [0.15, 0.2) is 0 Å². The molecule has 9 heteroatoms. The Kier molecular flexibility index (Phi) is 4.89. The van der Waals surface area contributed by atoms with Crippen molar-refractivity contribution in [1.82, 2.24) is 9.78 Å². The van der Waals surface area contributed by atoms with E-state index in [1.807, 2.05) is 31.2 Å². The van der Waals surface area contributed by atoms with E-state index in [0.29, 0.717) is 34.5 Å². The molecule has 0 aliphatic carbocycles. The van der Waals surface area contributed by atoms with Crippen molar-refractivity contribution in [3.8, 4) is 11.1 Å². The van der Waals surface area contributed by atoms with Gasteiger partial charge < -0.3 is 5.32 Å². The average molecular weight is 465 g/mol. The number of carbonyl (C=O) groups is 2. The standard InChI is InChI=1S/C24H24N4O4S/c1-14-8-9-18(23-16(3)26-27-22(30)11-10-21(29)25-24(23)27)13-20(14)33(31,32)28-15(2)12-17-6-4-5-7-19(17)28/h4-9,13,15H,10-12H2,1-3H3,(H,25,29)/t15-/m1/s1. The molecule has 2 aliphatic rings. The van der Waals surface area contributed by atoms with E-state index in [9.17, 15) is 18.0 Å². The Labute approximate surface area is 192 Å². The zero-order valence-electron chi connectivity index (χ0n) is 18.6. The number of para-hydroxylation sites is 1. The molecular formula is C24H24N4O4S. The topological polar surface area (TPSA) is 101 Å². The lowest BCUT2D eigenvalue weighted by Gasteiger charge is -2.25. The van der Waals surface area contributed by atoms with E-state index in [4.69, 9.17) is 0 Å². The summed E-state index contributed by atoms with van der Waals surface area (Å²) in [6, 6.07) is 12.5. The molecule has 0 radical (unpaired) electrons. The molecule has 0 saturated heterocycles. The summed E-state index contributed by atoms with van der Waals surface area (Å²) in [6.07, 6.45) is 0.804. The van der Waals surface area contributed by atoms with Gasteiger partial charge in [-0.2, -0.15) is 9.78 Å². The molecule has 170 valence electrons. The molecular weight excluding hydrogens is 440 g/mol. The van der Waals surface area contributed by atoms with Crippen LogP contribution in [0.2, 0.25) is 0 Å². The van der Waals surface area contributed by atoms with E-state index in [1.54, 1.807) is 32.0 Å². The number of aryl methyl sites for hydroxylation is 2. The van der Waals surface area contributed by atoms with Crippen LogP contribution in [0, 0.1) is 13.8 Å². The van der Waals surface area contributed by atoms with Crippen molar-refractivity contribution in [2.24, 2.45) is 0 Å². The zero-order chi connectivity index (χ0) is 23.5. The average Bonchev–Trinajstić information content (AvgIpc) is 3.24. The third kappa shape index (κ3) is 3.34. The second kappa shape index (κ2) is 7.55. The molecule has 33 heavy (non-hydrogen) atoms. The first-order chi connectivity index (χ1) is 15.7. The van der Waals surface area contributed by atoms with Gasteiger partial charge in [-0.25, -0.2) is 8.42 Å². The maximum absolute atomic E-state index is 13.9. The molecule has 0 fully saturated rings. The molecule has 1 N–H and O–H groups in total.